The van der Waals surface area contributed by atoms with E-state index in [9.17, 15) is 4.79 Å². The number of carbonyl (C=O) groups is 1. The molecule has 3 aromatic heterocycles. The average Bonchev–Trinajstić information content (AvgIpc) is 3.23. The Balaban J connectivity index is 1.61. The zero-order valence-corrected chi connectivity index (χ0v) is 13.9. The molecule has 1 fully saturated rings. The fourth-order valence-corrected chi connectivity index (χ4v) is 4.12. The minimum atomic E-state index is -0.349. The van der Waals surface area contributed by atoms with E-state index in [2.05, 4.69) is 25.9 Å². The molecular weight excluding hydrogens is 324 g/mol. The second kappa shape index (κ2) is 6.20. The number of piperidine rings is 1. The molecule has 1 saturated heterocycles. The average molecular weight is 342 g/mol. The third-order valence-electron chi connectivity index (χ3n) is 4.40. The third-order valence-corrected chi connectivity index (χ3v) is 5.22. The molecule has 0 spiro atoms. The summed E-state index contributed by atoms with van der Waals surface area (Å²) in [5.41, 5.74) is 5.34. The van der Waals surface area contributed by atoms with Crippen LogP contribution in [0.1, 0.15) is 24.6 Å². The van der Waals surface area contributed by atoms with Crippen LogP contribution in [-0.2, 0) is 11.3 Å². The van der Waals surface area contributed by atoms with E-state index in [0.717, 1.165) is 47.8 Å². The highest BCUT2D eigenvalue weighted by Crippen LogP contribution is 2.32. The number of anilines is 1. The van der Waals surface area contributed by atoms with Gasteiger partial charge >= 0.3 is 0 Å². The molecule has 1 atom stereocenters. The van der Waals surface area contributed by atoms with Crippen molar-refractivity contribution in [2.24, 2.45) is 5.73 Å². The Hall–Kier alpha value is -2.48. The van der Waals surface area contributed by atoms with Crippen LogP contribution in [0.15, 0.2) is 30.2 Å². The van der Waals surface area contributed by atoms with Gasteiger partial charge in [0.1, 0.15) is 29.3 Å². The summed E-state index contributed by atoms with van der Waals surface area (Å²) in [7, 11) is 0. The number of hydrogen-bond acceptors (Lipinski definition) is 6. The lowest BCUT2D eigenvalue weighted by atomic mass is 9.97. The van der Waals surface area contributed by atoms with E-state index < -0.39 is 0 Å². The van der Waals surface area contributed by atoms with Crippen LogP contribution in [0, 0.1) is 0 Å². The Kier molecular flexibility index (Phi) is 3.89. The highest BCUT2D eigenvalue weighted by molar-refractivity contribution is 7.16. The van der Waals surface area contributed by atoms with Gasteiger partial charge in [0.2, 0.25) is 5.91 Å². The number of thiophene rings is 1. The van der Waals surface area contributed by atoms with Crippen molar-refractivity contribution in [2.75, 3.05) is 18.0 Å². The molecule has 0 saturated carbocycles. The first-order valence-electron chi connectivity index (χ1n) is 7.95. The van der Waals surface area contributed by atoms with E-state index in [-0.39, 0.29) is 18.4 Å². The number of imidazole rings is 1. The summed E-state index contributed by atoms with van der Waals surface area (Å²) in [6, 6.07) is 2.08. The lowest BCUT2D eigenvalue weighted by molar-refractivity contribution is -0.118. The molecule has 4 heterocycles. The Morgan fingerprint density at radius 3 is 3.17 bits per heavy atom. The van der Waals surface area contributed by atoms with Gasteiger partial charge in [0.05, 0.1) is 5.39 Å². The van der Waals surface area contributed by atoms with Crippen molar-refractivity contribution in [3.63, 3.8) is 0 Å². The highest BCUT2D eigenvalue weighted by Gasteiger charge is 2.26. The summed E-state index contributed by atoms with van der Waals surface area (Å²) in [5.74, 6) is 1.82. The number of rotatable bonds is 4. The highest BCUT2D eigenvalue weighted by atomic mass is 32.1. The molecule has 1 amide bonds. The topological polar surface area (TPSA) is 89.9 Å². The predicted molar refractivity (Wildman–Crippen MR) is 93.0 cm³/mol. The van der Waals surface area contributed by atoms with Crippen molar-refractivity contribution in [1.82, 2.24) is 19.5 Å². The number of nitrogens with zero attached hydrogens (tertiary/aromatic N) is 5. The minimum Gasteiger partial charge on any atom is -0.368 e. The Labute approximate surface area is 143 Å². The molecule has 7 nitrogen and oxygen atoms in total. The van der Waals surface area contributed by atoms with E-state index in [4.69, 9.17) is 5.73 Å². The van der Waals surface area contributed by atoms with Crippen molar-refractivity contribution in [3.05, 3.63) is 36.0 Å². The minimum absolute atomic E-state index is 0.175. The molecule has 1 aliphatic rings. The van der Waals surface area contributed by atoms with E-state index in [1.807, 2.05) is 16.1 Å². The maximum Gasteiger partial charge on any atom is 0.237 e. The predicted octanol–water partition coefficient (Wildman–Crippen LogP) is 1.76. The molecule has 1 aliphatic heterocycles. The zero-order chi connectivity index (χ0) is 16.5. The van der Waals surface area contributed by atoms with Gasteiger partial charge in [-0.3, -0.25) is 4.79 Å². The largest absolute Gasteiger partial charge is 0.368 e. The summed E-state index contributed by atoms with van der Waals surface area (Å²) < 4.78 is 1.86. The van der Waals surface area contributed by atoms with Gasteiger partial charge in [0.25, 0.3) is 0 Å². The molecule has 124 valence electrons. The van der Waals surface area contributed by atoms with Gasteiger partial charge in [0.15, 0.2) is 0 Å². The molecule has 0 bridgehead atoms. The van der Waals surface area contributed by atoms with Gasteiger partial charge in [0, 0.05) is 31.4 Å². The molecule has 8 heteroatoms. The Bertz CT molecular complexity index is 872. The SMILES string of the molecule is NC(=O)Cn1ccnc1C1CCCN(c2ncnc3sccc23)C1. The van der Waals surface area contributed by atoms with E-state index in [1.54, 1.807) is 23.9 Å². The molecule has 0 radical (unpaired) electrons. The normalized spacial score (nSPS) is 18.2. The van der Waals surface area contributed by atoms with Crippen LogP contribution in [0.5, 0.6) is 0 Å². The van der Waals surface area contributed by atoms with Gasteiger partial charge in [-0.2, -0.15) is 0 Å². The van der Waals surface area contributed by atoms with Gasteiger partial charge < -0.3 is 15.2 Å². The first-order chi connectivity index (χ1) is 11.7. The molecule has 2 N–H and O–H groups in total. The zero-order valence-electron chi connectivity index (χ0n) is 13.1. The number of nitrogens with two attached hydrogens (primary N) is 1. The first kappa shape index (κ1) is 15.1. The van der Waals surface area contributed by atoms with Crippen molar-refractivity contribution in [3.8, 4) is 0 Å². The van der Waals surface area contributed by atoms with Gasteiger partial charge in [-0.25, -0.2) is 15.0 Å². The summed E-state index contributed by atoms with van der Waals surface area (Å²) in [5, 5.41) is 3.15. The van der Waals surface area contributed by atoms with Crippen molar-refractivity contribution < 1.29 is 4.79 Å². The molecule has 3 aromatic rings. The van der Waals surface area contributed by atoms with E-state index in [1.165, 1.54) is 0 Å². The molecule has 4 rings (SSSR count). The second-order valence-electron chi connectivity index (χ2n) is 6.00. The number of primary amides is 1. The van der Waals surface area contributed by atoms with Crippen molar-refractivity contribution in [1.29, 1.82) is 0 Å². The van der Waals surface area contributed by atoms with Crippen LogP contribution in [0.3, 0.4) is 0 Å². The van der Waals surface area contributed by atoms with Crippen LogP contribution in [0.4, 0.5) is 5.82 Å². The van der Waals surface area contributed by atoms with E-state index in [0.29, 0.717) is 0 Å². The Morgan fingerprint density at radius 1 is 1.38 bits per heavy atom. The van der Waals surface area contributed by atoms with Crippen LogP contribution in [0.2, 0.25) is 0 Å². The van der Waals surface area contributed by atoms with Crippen molar-refractivity contribution >= 4 is 33.3 Å². The van der Waals surface area contributed by atoms with Crippen LogP contribution in [0.25, 0.3) is 10.2 Å². The second-order valence-corrected chi connectivity index (χ2v) is 6.90. The van der Waals surface area contributed by atoms with Gasteiger partial charge in [-0.15, -0.1) is 11.3 Å². The fraction of sp³-hybridized carbons (Fsp3) is 0.375. The third kappa shape index (κ3) is 2.73. The fourth-order valence-electron chi connectivity index (χ4n) is 3.39. The number of fused-ring (bicyclic) bond motifs is 1. The summed E-state index contributed by atoms with van der Waals surface area (Å²) in [6.07, 6.45) is 7.29. The maximum absolute atomic E-state index is 11.3. The van der Waals surface area contributed by atoms with Gasteiger partial charge in [-0.05, 0) is 24.3 Å². The standard InChI is InChI=1S/C16H18N6OS/c17-13(23)9-22-6-4-18-14(22)11-2-1-5-21(8-11)15-12-3-7-24-16(12)20-10-19-15/h3-4,6-7,10-11H,1-2,5,8-9H2,(H2,17,23). The lowest BCUT2D eigenvalue weighted by Gasteiger charge is -2.33. The first-order valence-corrected chi connectivity index (χ1v) is 8.83. The van der Waals surface area contributed by atoms with Crippen LogP contribution < -0.4 is 10.6 Å². The monoisotopic (exact) mass is 342 g/mol. The summed E-state index contributed by atoms with van der Waals surface area (Å²) in [6.45, 7) is 1.97. The molecule has 24 heavy (non-hydrogen) atoms. The summed E-state index contributed by atoms with van der Waals surface area (Å²) >= 11 is 1.63. The molecule has 0 aliphatic carbocycles. The lowest BCUT2D eigenvalue weighted by Crippen LogP contribution is -2.36. The van der Waals surface area contributed by atoms with Crippen molar-refractivity contribution in [2.45, 2.75) is 25.3 Å². The summed E-state index contributed by atoms with van der Waals surface area (Å²) in [4.78, 5) is 27.9. The van der Waals surface area contributed by atoms with Gasteiger partial charge in [-0.1, -0.05) is 0 Å². The molecule has 1 unspecified atom stereocenters. The van der Waals surface area contributed by atoms with Crippen LogP contribution in [-0.4, -0.2) is 38.5 Å². The number of amides is 1. The molecule has 0 aromatic carbocycles. The quantitative estimate of drug-likeness (QED) is 0.780. The molecular formula is C16H18N6OS. The van der Waals surface area contributed by atoms with E-state index >= 15 is 0 Å². The maximum atomic E-state index is 11.3. The van der Waals surface area contributed by atoms with Crippen LogP contribution >= 0.6 is 11.3 Å². The smallest absolute Gasteiger partial charge is 0.237 e. The Morgan fingerprint density at radius 2 is 2.29 bits per heavy atom. The number of hydrogen-bond donors (Lipinski definition) is 1. The number of aromatic nitrogens is 4. The number of carbonyl (C=O) groups excluding carboxylic acids is 1.